The number of hydrazine groups is 1. The fraction of sp³-hybridized carbons (Fsp3) is 0.900. The molecule has 8 atom stereocenters. The number of nitrogens with zero attached hydrogens (tertiary/aromatic N) is 3. The van der Waals surface area contributed by atoms with E-state index >= 15 is 0 Å². The van der Waals surface area contributed by atoms with Crippen molar-refractivity contribution in [3.8, 4) is 0 Å². The molecule has 0 spiro atoms. The van der Waals surface area contributed by atoms with Gasteiger partial charge in [-0.05, 0) is 32.1 Å². The predicted molar refractivity (Wildman–Crippen MR) is 107 cm³/mol. The van der Waals surface area contributed by atoms with Gasteiger partial charge in [0.1, 0.15) is 0 Å². The highest BCUT2D eigenvalue weighted by molar-refractivity contribution is 5.83. The molecule has 4 aliphatic heterocycles. The van der Waals surface area contributed by atoms with Gasteiger partial charge < -0.3 is 20.1 Å². The van der Waals surface area contributed by atoms with Crippen LogP contribution in [0.3, 0.4) is 0 Å². The Labute approximate surface area is 167 Å². The van der Waals surface area contributed by atoms with Crippen molar-refractivity contribution in [3.63, 3.8) is 0 Å². The number of piperidine rings is 1. The number of aliphatic hydroxyl groups is 1. The molecule has 1 amide bonds. The van der Waals surface area contributed by atoms with Gasteiger partial charge in [-0.15, -0.1) is 0 Å². The zero-order valence-electron chi connectivity index (χ0n) is 17.3. The molecule has 8 heteroatoms. The van der Waals surface area contributed by atoms with Crippen LogP contribution in [0.1, 0.15) is 33.1 Å². The minimum Gasteiger partial charge on any atom is -0.392 e. The van der Waals surface area contributed by atoms with Crippen LogP contribution in [0.4, 0.5) is 0 Å². The fourth-order valence-corrected chi connectivity index (χ4v) is 5.54. The summed E-state index contributed by atoms with van der Waals surface area (Å²) in [6.45, 7) is 6.97. The Morgan fingerprint density at radius 1 is 1.39 bits per heavy atom. The molecule has 4 aliphatic rings. The number of hydrogen-bond acceptors (Lipinski definition) is 7. The lowest BCUT2D eigenvalue weighted by atomic mass is 9.76. The van der Waals surface area contributed by atoms with Crippen LogP contribution in [0.2, 0.25) is 0 Å². The number of methoxy groups -OCH3 is 1. The number of nitrogens with one attached hydrogen (secondary N) is 2. The van der Waals surface area contributed by atoms with E-state index in [2.05, 4.69) is 28.9 Å². The molecule has 3 N–H and O–H groups in total. The summed E-state index contributed by atoms with van der Waals surface area (Å²) in [7, 11) is 1.76. The van der Waals surface area contributed by atoms with Crippen molar-refractivity contribution in [3.05, 3.63) is 0 Å². The number of aliphatic imine (C=N–C) groups is 1. The molecule has 0 radical (unpaired) electrons. The van der Waals surface area contributed by atoms with Crippen LogP contribution in [-0.4, -0.2) is 90.9 Å². The first-order valence-electron chi connectivity index (χ1n) is 10.7. The second kappa shape index (κ2) is 8.36. The minimum atomic E-state index is -0.376. The topological polar surface area (TPSA) is 89.4 Å². The summed E-state index contributed by atoms with van der Waals surface area (Å²) in [4.78, 5) is 19.7. The third-order valence-electron chi connectivity index (χ3n) is 6.92. The van der Waals surface area contributed by atoms with Gasteiger partial charge in [0.05, 0.1) is 30.8 Å². The average Bonchev–Trinajstić information content (AvgIpc) is 3.25. The summed E-state index contributed by atoms with van der Waals surface area (Å²) >= 11 is 0. The quantitative estimate of drug-likeness (QED) is 0.601. The van der Waals surface area contributed by atoms with Crippen LogP contribution in [0, 0.1) is 17.8 Å². The second-order valence-corrected chi connectivity index (χ2v) is 9.11. The lowest BCUT2D eigenvalue weighted by Crippen LogP contribution is -2.55. The molecule has 0 aromatic rings. The molecule has 4 heterocycles. The Morgan fingerprint density at radius 2 is 2.21 bits per heavy atom. The first kappa shape index (κ1) is 20.2. The maximum atomic E-state index is 13.2. The van der Waals surface area contributed by atoms with Gasteiger partial charge >= 0.3 is 0 Å². The molecule has 0 aromatic heterocycles. The van der Waals surface area contributed by atoms with Crippen LogP contribution in [0.15, 0.2) is 4.99 Å². The standard InChI is InChI=1S/C20H35N5O3/c1-12-6-16(14-7-15(28-3)9-21-8-14)22-17-11-25(20(27)19(12)17)18-4-5-24(23-18)10-13(2)26/h8,12-19,22-23,26H,4-7,9-11H2,1-3H3/t12?,13-,14?,15?,16?,17?,18?,19?/m0/s1. The first-order valence-corrected chi connectivity index (χ1v) is 10.7. The van der Waals surface area contributed by atoms with Crippen LogP contribution in [0.5, 0.6) is 0 Å². The molecule has 158 valence electrons. The van der Waals surface area contributed by atoms with Crippen LogP contribution < -0.4 is 10.7 Å². The number of carbonyl (C=O) groups excluding carboxylic acids is 1. The summed E-state index contributed by atoms with van der Waals surface area (Å²) in [6.07, 6.45) is 4.87. The Kier molecular flexibility index (Phi) is 6.04. The predicted octanol–water partition coefficient (Wildman–Crippen LogP) is -0.166. The van der Waals surface area contributed by atoms with Gasteiger partial charge in [0.2, 0.25) is 5.91 Å². The highest BCUT2D eigenvalue weighted by Crippen LogP contribution is 2.37. The molecule has 7 unspecified atom stereocenters. The van der Waals surface area contributed by atoms with Crippen molar-refractivity contribution in [1.29, 1.82) is 0 Å². The maximum absolute atomic E-state index is 13.2. The van der Waals surface area contributed by atoms with E-state index in [1.165, 1.54) is 0 Å². The van der Waals surface area contributed by atoms with Crippen molar-refractivity contribution >= 4 is 12.1 Å². The summed E-state index contributed by atoms with van der Waals surface area (Å²) in [5, 5.41) is 15.4. The third-order valence-corrected chi connectivity index (χ3v) is 6.92. The molecule has 3 fully saturated rings. The van der Waals surface area contributed by atoms with E-state index in [9.17, 15) is 9.90 Å². The molecule has 0 bridgehead atoms. The Morgan fingerprint density at radius 3 is 2.96 bits per heavy atom. The van der Waals surface area contributed by atoms with Crippen molar-refractivity contribution < 1.29 is 14.6 Å². The van der Waals surface area contributed by atoms with E-state index in [-0.39, 0.29) is 36.2 Å². The molecule has 8 nitrogen and oxygen atoms in total. The number of amides is 1. The minimum absolute atomic E-state index is 0.0402. The Bertz CT molecular complexity index is 600. The van der Waals surface area contributed by atoms with Gasteiger partial charge in [0.15, 0.2) is 0 Å². The molecule has 0 aliphatic carbocycles. The number of hydrogen-bond donors (Lipinski definition) is 3. The monoisotopic (exact) mass is 393 g/mol. The van der Waals surface area contributed by atoms with Gasteiger partial charge in [-0.25, -0.2) is 10.4 Å². The zero-order valence-corrected chi connectivity index (χ0v) is 17.3. The van der Waals surface area contributed by atoms with E-state index in [1.54, 1.807) is 14.0 Å². The average molecular weight is 394 g/mol. The second-order valence-electron chi connectivity index (χ2n) is 9.11. The maximum Gasteiger partial charge on any atom is 0.228 e. The van der Waals surface area contributed by atoms with E-state index in [1.807, 2.05) is 9.91 Å². The van der Waals surface area contributed by atoms with E-state index in [0.29, 0.717) is 24.4 Å². The van der Waals surface area contributed by atoms with E-state index in [0.717, 1.165) is 38.9 Å². The summed E-state index contributed by atoms with van der Waals surface area (Å²) in [6, 6.07) is 0.555. The van der Waals surface area contributed by atoms with Gasteiger partial charge in [0.25, 0.3) is 0 Å². The van der Waals surface area contributed by atoms with Crippen molar-refractivity contribution in [2.75, 3.05) is 33.3 Å². The molecular weight excluding hydrogens is 358 g/mol. The number of ether oxygens (including phenoxy) is 1. The Balaban J connectivity index is 1.40. The number of fused-ring (bicyclic) bond motifs is 1. The highest BCUT2D eigenvalue weighted by Gasteiger charge is 2.50. The fourth-order valence-electron chi connectivity index (χ4n) is 5.54. The SMILES string of the molecule is COC1CN=CC(C2CC(C)C3C(=O)N(C4CCN(C[C@H](C)O)N4)CC3N2)C1. The third kappa shape index (κ3) is 3.98. The number of likely N-dealkylation sites (tertiary alicyclic amines) is 1. The molecule has 4 rings (SSSR count). The summed E-state index contributed by atoms with van der Waals surface area (Å²) in [5.74, 6) is 1.06. The number of β-amino-alcohol motifs (C(OH)–C–C–N with tert-alkyl or cyclic N) is 1. The lowest BCUT2D eigenvalue weighted by Gasteiger charge is -2.40. The van der Waals surface area contributed by atoms with Crippen molar-refractivity contribution in [1.82, 2.24) is 20.7 Å². The largest absolute Gasteiger partial charge is 0.392 e. The molecular formula is C20H35N5O3. The molecule has 3 saturated heterocycles. The van der Waals surface area contributed by atoms with E-state index < -0.39 is 0 Å². The lowest BCUT2D eigenvalue weighted by molar-refractivity contribution is -0.135. The normalized spacial score (nSPS) is 42.8. The molecule has 28 heavy (non-hydrogen) atoms. The van der Waals surface area contributed by atoms with Crippen molar-refractivity contribution in [2.24, 2.45) is 22.7 Å². The van der Waals surface area contributed by atoms with Crippen LogP contribution >= 0.6 is 0 Å². The van der Waals surface area contributed by atoms with Gasteiger partial charge in [0, 0.05) is 51.0 Å². The number of rotatable bonds is 5. The Hall–Kier alpha value is -1.06. The van der Waals surface area contributed by atoms with Gasteiger partial charge in [-0.1, -0.05) is 6.92 Å². The highest BCUT2D eigenvalue weighted by atomic mass is 16.5. The smallest absolute Gasteiger partial charge is 0.228 e. The van der Waals surface area contributed by atoms with E-state index in [4.69, 9.17) is 4.74 Å². The summed E-state index contributed by atoms with van der Waals surface area (Å²) < 4.78 is 5.53. The van der Waals surface area contributed by atoms with Crippen LogP contribution in [-0.2, 0) is 9.53 Å². The molecule has 0 saturated carbocycles. The van der Waals surface area contributed by atoms with Crippen LogP contribution in [0.25, 0.3) is 0 Å². The number of carbonyl (C=O) groups is 1. The number of aliphatic hydroxyl groups excluding tert-OH is 1. The summed E-state index contributed by atoms with van der Waals surface area (Å²) in [5.41, 5.74) is 3.42. The molecule has 0 aromatic carbocycles. The van der Waals surface area contributed by atoms with Crippen molar-refractivity contribution in [2.45, 2.75) is 63.6 Å². The van der Waals surface area contributed by atoms with Gasteiger partial charge in [-0.3, -0.25) is 9.79 Å². The first-order chi connectivity index (χ1) is 13.5. The van der Waals surface area contributed by atoms with Gasteiger partial charge in [-0.2, -0.15) is 0 Å². The zero-order chi connectivity index (χ0) is 19.8.